The Bertz CT molecular complexity index is 326. The van der Waals surface area contributed by atoms with E-state index in [-0.39, 0.29) is 0 Å². The minimum absolute atomic E-state index is 0.582. The van der Waals surface area contributed by atoms with Crippen molar-refractivity contribution in [3.63, 3.8) is 0 Å². The number of nitrogens with one attached hydrogen (secondary N) is 1. The first-order valence-electron chi connectivity index (χ1n) is 6.72. The lowest BCUT2D eigenvalue weighted by Crippen LogP contribution is -2.23. The fourth-order valence-corrected chi connectivity index (χ4v) is 1.68. The molecule has 18 heavy (non-hydrogen) atoms. The number of hydrogen-bond donors (Lipinski definition) is 1. The molecule has 0 aliphatic carbocycles. The Morgan fingerprint density at radius 3 is 2.61 bits per heavy atom. The van der Waals surface area contributed by atoms with Crippen molar-refractivity contribution >= 4 is 0 Å². The molecule has 1 aromatic rings. The quantitative estimate of drug-likeness (QED) is 0.683. The Morgan fingerprint density at radius 1 is 1.11 bits per heavy atom. The molecule has 1 aromatic carbocycles. The van der Waals surface area contributed by atoms with Crippen molar-refractivity contribution in [1.82, 2.24) is 5.32 Å². The minimum atomic E-state index is 0.582. The Labute approximate surface area is 110 Å². The van der Waals surface area contributed by atoms with Gasteiger partial charge >= 0.3 is 0 Å². The zero-order valence-electron chi connectivity index (χ0n) is 11.7. The van der Waals surface area contributed by atoms with E-state index in [1.807, 2.05) is 24.3 Å². The number of rotatable bonds is 9. The summed E-state index contributed by atoms with van der Waals surface area (Å²) in [6, 6.07) is 8.33. The molecule has 0 saturated carbocycles. The van der Waals surface area contributed by atoms with Crippen LogP contribution < -0.4 is 14.8 Å². The van der Waals surface area contributed by atoms with Crippen molar-refractivity contribution in [2.24, 2.45) is 0 Å². The molecule has 0 aromatic heterocycles. The molecule has 0 saturated heterocycles. The van der Waals surface area contributed by atoms with Gasteiger partial charge < -0.3 is 14.8 Å². The molecule has 0 atom stereocenters. The van der Waals surface area contributed by atoms with Gasteiger partial charge in [0.15, 0.2) is 0 Å². The molecule has 0 amide bonds. The molecule has 1 N–H and O–H groups in total. The number of methoxy groups -OCH3 is 1. The van der Waals surface area contributed by atoms with E-state index in [0.717, 1.165) is 31.1 Å². The summed E-state index contributed by atoms with van der Waals surface area (Å²) < 4.78 is 10.8. The fraction of sp³-hybridized carbons (Fsp3) is 0.600. The Kier molecular flexibility index (Phi) is 7.26. The number of unbranched alkanes of at least 4 members (excludes halogenated alkanes) is 2. The van der Waals surface area contributed by atoms with Crippen molar-refractivity contribution in [3.05, 3.63) is 24.3 Å². The summed E-state index contributed by atoms with van der Waals surface area (Å²) in [5.74, 6) is 1.73. The average Bonchev–Trinajstić information content (AvgIpc) is 2.37. The Morgan fingerprint density at radius 2 is 1.89 bits per heavy atom. The SMILES string of the molecule is COc1cccc(OCCCCCNC(C)C)c1. The van der Waals surface area contributed by atoms with Crippen molar-refractivity contribution in [2.75, 3.05) is 20.3 Å². The molecule has 3 nitrogen and oxygen atoms in total. The average molecular weight is 251 g/mol. The van der Waals surface area contributed by atoms with Gasteiger partial charge in [0.1, 0.15) is 11.5 Å². The van der Waals surface area contributed by atoms with Crippen LogP contribution in [0.2, 0.25) is 0 Å². The maximum absolute atomic E-state index is 5.68. The standard InChI is InChI=1S/C15H25NO2/c1-13(2)16-10-5-4-6-11-18-15-9-7-8-14(12-15)17-3/h7-9,12-13,16H,4-6,10-11H2,1-3H3. The normalized spacial score (nSPS) is 10.7. The second kappa shape index (κ2) is 8.81. The van der Waals surface area contributed by atoms with Gasteiger partial charge in [-0.3, -0.25) is 0 Å². The second-order valence-corrected chi connectivity index (χ2v) is 4.70. The largest absolute Gasteiger partial charge is 0.497 e. The molecular formula is C15H25NO2. The van der Waals surface area contributed by atoms with Crippen LogP contribution in [0.5, 0.6) is 11.5 Å². The first-order chi connectivity index (χ1) is 8.72. The van der Waals surface area contributed by atoms with Crippen molar-refractivity contribution in [2.45, 2.75) is 39.2 Å². The van der Waals surface area contributed by atoms with Crippen LogP contribution in [-0.4, -0.2) is 26.3 Å². The molecule has 0 aliphatic heterocycles. The molecule has 102 valence electrons. The first kappa shape index (κ1) is 14.8. The van der Waals surface area contributed by atoms with Crippen LogP contribution in [0.4, 0.5) is 0 Å². The van der Waals surface area contributed by atoms with Gasteiger partial charge in [0.05, 0.1) is 13.7 Å². The number of ether oxygens (including phenoxy) is 2. The van der Waals surface area contributed by atoms with E-state index in [2.05, 4.69) is 19.2 Å². The molecule has 1 rings (SSSR count). The molecule has 3 heteroatoms. The summed E-state index contributed by atoms with van der Waals surface area (Å²) in [4.78, 5) is 0. The fourth-order valence-electron chi connectivity index (χ4n) is 1.68. The lowest BCUT2D eigenvalue weighted by molar-refractivity contribution is 0.302. The van der Waals surface area contributed by atoms with Gasteiger partial charge in [0.2, 0.25) is 0 Å². The summed E-state index contributed by atoms with van der Waals surface area (Å²) >= 11 is 0. The smallest absolute Gasteiger partial charge is 0.122 e. The van der Waals surface area contributed by atoms with E-state index < -0.39 is 0 Å². The highest BCUT2D eigenvalue weighted by molar-refractivity contribution is 5.32. The molecule has 0 spiro atoms. The number of benzene rings is 1. The van der Waals surface area contributed by atoms with E-state index in [4.69, 9.17) is 9.47 Å². The first-order valence-corrected chi connectivity index (χ1v) is 6.72. The van der Waals surface area contributed by atoms with Gasteiger partial charge in [-0.1, -0.05) is 19.9 Å². The summed E-state index contributed by atoms with van der Waals surface area (Å²) in [6.07, 6.45) is 3.50. The summed E-state index contributed by atoms with van der Waals surface area (Å²) in [5.41, 5.74) is 0. The predicted octanol–water partition coefficient (Wildman–Crippen LogP) is 3.24. The number of hydrogen-bond acceptors (Lipinski definition) is 3. The van der Waals surface area contributed by atoms with E-state index >= 15 is 0 Å². The van der Waals surface area contributed by atoms with Gasteiger partial charge in [0, 0.05) is 12.1 Å². The second-order valence-electron chi connectivity index (χ2n) is 4.70. The molecule has 0 bridgehead atoms. The van der Waals surface area contributed by atoms with E-state index in [0.29, 0.717) is 6.04 Å². The van der Waals surface area contributed by atoms with Gasteiger partial charge in [-0.15, -0.1) is 0 Å². The third kappa shape index (κ3) is 6.50. The van der Waals surface area contributed by atoms with Crippen LogP contribution in [0.1, 0.15) is 33.1 Å². The molecule has 0 heterocycles. The maximum atomic E-state index is 5.68. The highest BCUT2D eigenvalue weighted by Gasteiger charge is 1.97. The lowest BCUT2D eigenvalue weighted by atomic mass is 10.2. The maximum Gasteiger partial charge on any atom is 0.122 e. The van der Waals surface area contributed by atoms with Gasteiger partial charge in [0.25, 0.3) is 0 Å². The van der Waals surface area contributed by atoms with Crippen LogP contribution in [0.3, 0.4) is 0 Å². The van der Waals surface area contributed by atoms with E-state index in [1.165, 1.54) is 12.8 Å². The highest BCUT2D eigenvalue weighted by atomic mass is 16.5. The molecule has 0 radical (unpaired) electrons. The lowest BCUT2D eigenvalue weighted by Gasteiger charge is -2.09. The van der Waals surface area contributed by atoms with Crippen molar-refractivity contribution in [1.29, 1.82) is 0 Å². The predicted molar refractivity (Wildman–Crippen MR) is 75.5 cm³/mol. The van der Waals surface area contributed by atoms with Gasteiger partial charge in [-0.25, -0.2) is 0 Å². The zero-order valence-corrected chi connectivity index (χ0v) is 11.7. The summed E-state index contributed by atoms with van der Waals surface area (Å²) in [6.45, 7) is 6.21. The van der Waals surface area contributed by atoms with Gasteiger partial charge in [-0.2, -0.15) is 0 Å². The van der Waals surface area contributed by atoms with E-state index in [1.54, 1.807) is 7.11 Å². The van der Waals surface area contributed by atoms with Crippen molar-refractivity contribution in [3.8, 4) is 11.5 Å². The minimum Gasteiger partial charge on any atom is -0.497 e. The third-order valence-electron chi connectivity index (χ3n) is 2.68. The van der Waals surface area contributed by atoms with Gasteiger partial charge in [-0.05, 0) is 37.9 Å². The van der Waals surface area contributed by atoms with Crippen LogP contribution in [0.15, 0.2) is 24.3 Å². The van der Waals surface area contributed by atoms with Crippen molar-refractivity contribution < 1.29 is 9.47 Å². The molecule has 0 fully saturated rings. The topological polar surface area (TPSA) is 30.5 Å². The zero-order chi connectivity index (χ0) is 13.2. The Hall–Kier alpha value is -1.22. The highest BCUT2D eigenvalue weighted by Crippen LogP contribution is 2.18. The van der Waals surface area contributed by atoms with Crippen LogP contribution in [0, 0.1) is 0 Å². The summed E-state index contributed by atoms with van der Waals surface area (Å²) in [5, 5.41) is 3.41. The van der Waals surface area contributed by atoms with Crippen LogP contribution in [0.25, 0.3) is 0 Å². The van der Waals surface area contributed by atoms with Crippen LogP contribution in [-0.2, 0) is 0 Å². The van der Waals surface area contributed by atoms with E-state index in [9.17, 15) is 0 Å². The molecule has 0 aliphatic rings. The third-order valence-corrected chi connectivity index (χ3v) is 2.68. The molecular weight excluding hydrogens is 226 g/mol. The monoisotopic (exact) mass is 251 g/mol. The summed E-state index contributed by atoms with van der Waals surface area (Å²) in [7, 11) is 1.67. The Balaban J connectivity index is 2.06. The van der Waals surface area contributed by atoms with Crippen LogP contribution >= 0.6 is 0 Å². The molecule has 0 unspecified atom stereocenters.